The van der Waals surface area contributed by atoms with Crippen molar-refractivity contribution in [3.63, 3.8) is 0 Å². The summed E-state index contributed by atoms with van der Waals surface area (Å²) in [6.07, 6.45) is 7.12. The fourth-order valence-electron chi connectivity index (χ4n) is 3.17. The number of aliphatic carboxylic acids is 1. The van der Waals surface area contributed by atoms with E-state index in [1.54, 1.807) is 0 Å². The van der Waals surface area contributed by atoms with E-state index in [2.05, 4.69) is 4.90 Å². The van der Waals surface area contributed by atoms with Crippen molar-refractivity contribution in [2.24, 2.45) is 5.92 Å². The lowest BCUT2D eigenvalue weighted by atomic mass is 9.85. The lowest BCUT2D eigenvalue weighted by molar-refractivity contribution is -0.136. The summed E-state index contributed by atoms with van der Waals surface area (Å²) in [5.74, 6) is 2.08. The normalized spacial score (nSPS) is 29.9. The van der Waals surface area contributed by atoms with E-state index in [1.165, 1.54) is 45.2 Å². The number of rotatable bonds is 5. The maximum absolute atomic E-state index is 10.5. The molecule has 2 heterocycles. The largest absolute Gasteiger partial charge is 0.481 e. The molecule has 4 heteroatoms. The molecule has 0 unspecified atom stereocenters. The Morgan fingerprint density at radius 3 is 2.88 bits per heavy atom. The number of hydrogen-bond donors (Lipinski definition) is 1. The predicted octanol–water partition coefficient (Wildman–Crippen LogP) is 2.46. The highest BCUT2D eigenvalue weighted by molar-refractivity contribution is 7.99. The van der Waals surface area contributed by atoms with Crippen molar-refractivity contribution in [1.82, 2.24) is 4.90 Å². The van der Waals surface area contributed by atoms with Crippen LogP contribution in [0.3, 0.4) is 0 Å². The Kier molecular flexibility index (Phi) is 5.16. The van der Waals surface area contributed by atoms with Gasteiger partial charge in [-0.3, -0.25) is 4.79 Å². The molecule has 2 rings (SSSR count). The molecule has 2 atom stereocenters. The Morgan fingerprint density at radius 2 is 2.06 bits per heavy atom. The minimum Gasteiger partial charge on any atom is -0.481 e. The van der Waals surface area contributed by atoms with Crippen LogP contribution in [0.4, 0.5) is 0 Å². The van der Waals surface area contributed by atoms with Crippen LogP contribution >= 0.6 is 11.8 Å². The Bertz CT molecular complexity index is 258. The smallest absolute Gasteiger partial charge is 0.304 e. The summed E-state index contributed by atoms with van der Waals surface area (Å²) >= 11 is 1.84. The van der Waals surface area contributed by atoms with Gasteiger partial charge in [-0.15, -0.1) is 0 Å². The van der Waals surface area contributed by atoms with Crippen molar-refractivity contribution in [2.75, 3.05) is 24.6 Å². The molecule has 0 saturated carbocycles. The Hall–Kier alpha value is -0.220. The summed E-state index contributed by atoms with van der Waals surface area (Å²) in [6, 6.07) is 0.801. The molecule has 3 nitrogen and oxygen atoms in total. The van der Waals surface area contributed by atoms with Crippen LogP contribution in [0, 0.1) is 5.92 Å². The molecule has 0 aromatic carbocycles. The van der Waals surface area contributed by atoms with Crippen LogP contribution in [0.15, 0.2) is 0 Å². The van der Waals surface area contributed by atoms with Gasteiger partial charge < -0.3 is 10.0 Å². The third kappa shape index (κ3) is 3.88. The maximum Gasteiger partial charge on any atom is 0.304 e. The molecule has 2 saturated heterocycles. The van der Waals surface area contributed by atoms with E-state index in [0.29, 0.717) is 6.42 Å². The van der Waals surface area contributed by atoms with Crippen molar-refractivity contribution in [2.45, 2.75) is 44.6 Å². The lowest BCUT2D eigenvalue weighted by Gasteiger charge is -2.44. The molecule has 98 valence electrons. The van der Waals surface area contributed by atoms with Gasteiger partial charge in [-0.05, 0) is 50.4 Å². The maximum atomic E-state index is 10.5. The fraction of sp³-hybridized carbons (Fsp3) is 0.923. The van der Waals surface area contributed by atoms with Crippen LogP contribution in [-0.2, 0) is 4.79 Å². The molecule has 0 aromatic heterocycles. The zero-order chi connectivity index (χ0) is 12.1. The van der Waals surface area contributed by atoms with Crippen LogP contribution < -0.4 is 0 Å². The first-order valence-corrected chi connectivity index (χ1v) is 7.96. The molecular weight excluding hydrogens is 234 g/mol. The van der Waals surface area contributed by atoms with Gasteiger partial charge in [0.1, 0.15) is 0 Å². The molecule has 0 bridgehead atoms. The Labute approximate surface area is 108 Å². The Morgan fingerprint density at radius 1 is 1.24 bits per heavy atom. The average molecular weight is 257 g/mol. The van der Waals surface area contributed by atoms with Crippen LogP contribution in [-0.4, -0.2) is 46.6 Å². The summed E-state index contributed by atoms with van der Waals surface area (Å²) in [5, 5.41) is 8.62. The van der Waals surface area contributed by atoms with Crippen LogP contribution in [0.25, 0.3) is 0 Å². The molecule has 0 amide bonds. The molecule has 1 N–H and O–H groups in total. The van der Waals surface area contributed by atoms with E-state index < -0.39 is 5.97 Å². The number of nitrogens with zero attached hydrogens (tertiary/aromatic N) is 1. The molecule has 0 spiro atoms. The van der Waals surface area contributed by atoms with Gasteiger partial charge in [-0.25, -0.2) is 0 Å². The van der Waals surface area contributed by atoms with Gasteiger partial charge in [-0.1, -0.05) is 6.42 Å². The quantitative estimate of drug-likeness (QED) is 0.768. The minimum absolute atomic E-state index is 0.311. The molecule has 2 fully saturated rings. The highest BCUT2D eigenvalue weighted by Crippen LogP contribution is 2.32. The summed E-state index contributed by atoms with van der Waals surface area (Å²) in [4.78, 5) is 13.1. The van der Waals surface area contributed by atoms with Gasteiger partial charge in [0.15, 0.2) is 0 Å². The van der Waals surface area contributed by atoms with Gasteiger partial charge in [-0.2, -0.15) is 11.8 Å². The topological polar surface area (TPSA) is 40.5 Å². The number of carboxylic acids is 1. The van der Waals surface area contributed by atoms with Gasteiger partial charge in [0.25, 0.3) is 0 Å². The highest BCUT2D eigenvalue weighted by Gasteiger charge is 2.32. The average Bonchev–Trinajstić information content (AvgIpc) is 2.34. The number of carboxylic acid groups (broad SMARTS) is 1. The Balaban J connectivity index is 1.73. The standard InChI is InChI=1S/C13H23NO2S/c15-13(16)6-9-17-10-11-4-3-8-14-7-2-1-5-12(11)14/h11-12H,1-10H2,(H,15,16)/t11-,12+/m1/s1. The number of piperidine rings is 2. The van der Waals surface area contributed by atoms with Crippen LogP contribution in [0.1, 0.15) is 38.5 Å². The van der Waals surface area contributed by atoms with Crippen molar-refractivity contribution >= 4 is 17.7 Å². The molecule has 0 aromatic rings. The summed E-state index contributed by atoms with van der Waals surface area (Å²) < 4.78 is 0. The minimum atomic E-state index is -0.666. The zero-order valence-electron chi connectivity index (χ0n) is 10.4. The van der Waals surface area contributed by atoms with E-state index in [9.17, 15) is 4.79 Å². The molecule has 17 heavy (non-hydrogen) atoms. The van der Waals surface area contributed by atoms with E-state index in [0.717, 1.165) is 23.5 Å². The van der Waals surface area contributed by atoms with Gasteiger partial charge in [0.2, 0.25) is 0 Å². The molecule has 2 aliphatic rings. The second-order valence-electron chi connectivity index (χ2n) is 5.22. The first-order valence-electron chi connectivity index (χ1n) is 6.81. The van der Waals surface area contributed by atoms with Gasteiger partial charge in [0.05, 0.1) is 6.42 Å². The van der Waals surface area contributed by atoms with Crippen LogP contribution in [0.2, 0.25) is 0 Å². The first kappa shape index (κ1) is 13.2. The van der Waals surface area contributed by atoms with Crippen molar-refractivity contribution in [1.29, 1.82) is 0 Å². The fourth-order valence-corrected chi connectivity index (χ4v) is 4.34. The highest BCUT2D eigenvalue weighted by atomic mass is 32.2. The number of thioether (sulfide) groups is 1. The second-order valence-corrected chi connectivity index (χ2v) is 6.37. The lowest BCUT2D eigenvalue weighted by Crippen LogP contribution is -2.48. The zero-order valence-corrected chi connectivity index (χ0v) is 11.3. The second kappa shape index (κ2) is 6.64. The first-order chi connectivity index (χ1) is 8.27. The number of fused-ring (bicyclic) bond motifs is 1. The van der Waals surface area contributed by atoms with E-state index in [4.69, 9.17) is 5.11 Å². The third-order valence-electron chi connectivity index (χ3n) is 4.02. The summed E-state index contributed by atoms with van der Waals surface area (Å²) in [7, 11) is 0. The van der Waals surface area contributed by atoms with Crippen LogP contribution in [0.5, 0.6) is 0 Å². The predicted molar refractivity (Wildman–Crippen MR) is 71.5 cm³/mol. The van der Waals surface area contributed by atoms with Crippen molar-refractivity contribution in [3.05, 3.63) is 0 Å². The summed E-state index contributed by atoms with van der Waals surface area (Å²) in [5.41, 5.74) is 0. The third-order valence-corrected chi connectivity index (χ3v) is 5.18. The molecule has 2 aliphatic heterocycles. The number of hydrogen-bond acceptors (Lipinski definition) is 3. The van der Waals surface area contributed by atoms with Gasteiger partial charge >= 0.3 is 5.97 Å². The van der Waals surface area contributed by atoms with Gasteiger partial charge in [0, 0.05) is 11.8 Å². The number of carbonyl (C=O) groups is 1. The van der Waals surface area contributed by atoms with Crippen molar-refractivity contribution in [3.8, 4) is 0 Å². The molecule has 0 aliphatic carbocycles. The SMILES string of the molecule is O=C(O)CCSC[C@H]1CCCN2CCCC[C@@H]12. The monoisotopic (exact) mass is 257 g/mol. The summed E-state index contributed by atoms with van der Waals surface area (Å²) in [6.45, 7) is 2.59. The van der Waals surface area contributed by atoms with E-state index in [1.807, 2.05) is 11.8 Å². The van der Waals surface area contributed by atoms with E-state index in [-0.39, 0.29) is 0 Å². The van der Waals surface area contributed by atoms with Crippen molar-refractivity contribution < 1.29 is 9.90 Å². The molecule has 0 radical (unpaired) electrons. The molecular formula is C13H23NO2S. The van der Waals surface area contributed by atoms with E-state index >= 15 is 0 Å².